The van der Waals surface area contributed by atoms with Crippen LogP contribution >= 0.6 is 11.6 Å². The topological polar surface area (TPSA) is 71.2 Å². The van der Waals surface area contributed by atoms with Gasteiger partial charge < -0.3 is 10.0 Å². The van der Waals surface area contributed by atoms with E-state index in [9.17, 15) is 23.1 Å². The Morgan fingerprint density at radius 2 is 1.81 bits per heavy atom. The number of aromatic nitrogens is 3. The number of carbonyl (C=O) groups excluding carboxylic acids is 1. The molecule has 1 fully saturated rings. The van der Waals surface area contributed by atoms with Gasteiger partial charge in [-0.25, -0.2) is 0 Å². The van der Waals surface area contributed by atoms with Gasteiger partial charge >= 0.3 is 6.18 Å². The van der Waals surface area contributed by atoms with E-state index in [0.29, 0.717) is 30.6 Å². The Kier molecular flexibility index (Phi) is 5.18. The van der Waals surface area contributed by atoms with E-state index in [4.69, 9.17) is 11.6 Å². The van der Waals surface area contributed by atoms with Crippen molar-refractivity contribution in [2.45, 2.75) is 37.5 Å². The van der Waals surface area contributed by atoms with Crippen LogP contribution in [-0.2, 0) is 4.79 Å². The monoisotopic (exact) mass is 402 g/mol. The van der Waals surface area contributed by atoms with Crippen LogP contribution in [0, 0.1) is 0 Å². The quantitative estimate of drug-likeness (QED) is 0.856. The minimum absolute atomic E-state index is 0.0666. The van der Waals surface area contributed by atoms with Gasteiger partial charge in [-0.1, -0.05) is 11.6 Å². The van der Waals surface area contributed by atoms with E-state index in [1.165, 1.54) is 0 Å². The number of hydrogen-bond donors (Lipinski definition) is 1. The zero-order valence-corrected chi connectivity index (χ0v) is 15.2. The second-order valence-corrected chi connectivity index (χ2v) is 7.11. The molecule has 0 saturated carbocycles. The third-order valence-electron chi connectivity index (χ3n) is 4.79. The molecule has 1 saturated heterocycles. The molecule has 0 unspecified atom stereocenters. The summed E-state index contributed by atoms with van der Waals surface area (Å²) in [6, 6.07) is 7.10. The zero-order valence-electron chi connectivity index (χ0n) is 14.4. The van der Waals surface area contributed by atoms with Crippen LogP contribution in [0.1, 0.15) is 31.5 Å². The number of aliphatic hydroxyl groups is 1. The molecule has 1 N–H and O–H groups in total. The molecule has 6 nitrogen and oxygen atoms in total. The van der Waals surface area contributed by atoms with Crippen molar-refractivity contribution in [3.8, 4) is 5.69 Å². The van der Waals surface area contributed by atoms with E-state index in [-0.39, 0.29) is 19.0 Å². The molecule has 2 aromatic rings. The number of rotatable bonds is 3. The molecule has 2 heterocycles. The van der Waals surface area contributed by atoms with Crippen molar-refractivity contribution in [1.82, 2.24) is 19.7 Å². The number of nitrogens with zero attached hydrogens (tertiary/aromatic N) is 4. The van der Waals surface area contributed by atoms with Gasteiger partial charge in [0.2, 0.25) is 5.60 Å². The minimum Gasteiger partial charge on any atom is -0.373 e. The van der Waals surface area contributed by atoms with Crippen molar-refractivity contribution in [2.24, 2.45) is 0 Å². The van der Waals surface area contributed by atoms with E-state index < -0.39 is 17.7 Å². The summed E-state index contributed by atoms with van der Waals surface area (Å²) in [6.07, 6.45) is -2.61. The Morgan fingerprint density at radius 3 is 2.37 bits per heavy atom. The maximum Gasteiger partial charge on any atom is 0.426 e. The fraction of sp³-hybridized carbons (Fsp3) is 0.471. The van der Waals surface area contributed by atoms with Crippen molar-refractivity contribution in [3.63, 3.8) is 0 Å². The number of benzene rings is 1. The molecule has 1 amide bonds. The Balaban J connectivity index is 1.71. The molecule has 1 atom stereocenters. The highest BCUT2D eigenvalue weighted by atomic mass is 35.5. The van der Waals surface area contributed by atoms with Crippen LogP contribution in [-0.4, -0.2) is 55.5 Å². The van der Waals surface area contributed by atoms with Crippen molar-refractivity contribution in [2.75, 3.05) is 13.1 Å². The molecule has 1 aromatic heterocycles. The van der Waals surface area contributed by atoms with Crippen LogP contribution in [0.3, 0.4) is 0 Å². The van der Waals surface area contributed by atoms with Gasteiger partial charge in [-0.2, -0.15) is 13.2 Å². The van der Waals surface area contributed by atoms with E-state index in [1.54, 1.807) is 23.0 Å². The SMILES string of the molecule is C[C@@](O)(C(=O)N1CCC(c2nncn2-c2ccc(Cl)cc2)CC1)C(F)(F)F. The third-order valence-corrected chi connectivity index (χ3v) is 5.05. The molecule has 0 aliphatic carbocycles. The molecule has 146 valence electrons. The van der Waals surface area contributed by atoms with Crippen molar-refractivity contribution < 1.29 is 23.1 Å². The summed E-state index contributed by atoms with van der Waals surface area (Å²) in [6.45, 7) is 0.686. The highest BCUT2D eigenvalue weighted by molar-refractivity contribution is 6.30. The number of likely N-dealkylation sites (tertiary alicyclic amines) is 1. The predicted octanol–water partition coefficient (Wildman–Crippen LogP) is 2.94. The number of alkyl halides is 3. The molecule has 1 aromatic carbocycles. The summed E-state index contributed by atoms with van der Waals surface area (Å²) in [5.74, 6) is -0.720. The van der Waals surface area contributed by atoms with Crippen LogP contribution in [0.5, 0.6) is 0 Å². The van der Waals surface area contributed by atoms with Crippen molar-refractivity contribution in [3.05, 3.63) is 41.4 Å². The van der Waals surface area contributed by atoms with Gasteiger partial charge in [0.1, 0.15) is 12.2 Å². The molecule has 27 heavy (non-hydrogen) atoms. The van der Waals surface area contributed by atoms with Crippen LogP contribution in [0.25, 0.3) is 5.69 Å². The van der Waals surface area contributed by atoms with E-state index in [0.717, 1.165) is 10.6 Å². The van der Waals surface area contributed by atoms with Crippen molar-refractivity contribution in [1.29, 1.82) is 0 Å². The summed E-state index contributed by atoms with van der Waals surface area (Å²) in [4.78, 5) is 13.1. The Morgan fingerprint density at radius 1 is 1.22 bits per heavy atom. The average molecular weight is 403 g/mol. The van der Waals surface area contributed by atoms with Gasteiger partial charge in [0, 0.05) is 29.7 Å². The first kappa shape index (κ1) is 19.6. The van der Waals surface area contributed by atoms with Gasteiger partial charge in [0.25, 0.3) is 5.91 Å². The molecular formula is C17H18ClF3N4O2. The van der Waals surface area contributed by atoms with Crippen molar-refractivity contribution >= 4 is 17.5 Å². The summed E-state index contributed by atoms with van der Waals surface area (Å²) >= 11 is 5.90. The summed E-state index contributed by atoms with van der Waals surface area (Å²) in [5, 5.41) is 18.3. The number of hydrogen-bond acceptors (Lipinski definition) is 4. The van der Waals surface area contributed by atoms with Crippen LogP contribution in [0.2, 0.25) is 5.02 Å². The first-order chi connectivity index (χ1) is 12.6. The highest BCUT2D eigenvalue weighted by Crippen LogP contribution is 2.34. The lowest BCUT2D eigenvalue weighted by Crippen LogP contribution is -2.57. The second-order valence-electron chi connectivity index (χ2n) is 6.67. The molecule has 10 heteroatoms. The molecule has 0 bridgehead atoms. The Labute approximate surface area is 158 Å². The largest absolute Gasteiger partial charge is 0.426 e. The van der Waals surface area contributed by atoms with Gasteiger partial charge in [0.15, 0.2) is 0 Å². The zero-order chi connectivity index (χ0) is 19.8. The summed E-state index contributed by atoms with van der Waals surface area (Å²) < 4.78 is 40.4. The maximum absolute atomic E-state index is 12.9. The lowest BCUT2D eigenvalue weighted by Gasteiger charge is -2.36. The number of piperidine rings is 1. The van der Waals surface area contributed by atoms with Gasteiger partial charge in [0.05, 0.1) is 0 Å². The first-order valence-electron chi connectivity index (χ1n) is 8.35. The highest BCUT2D eigenvalue weighted by Gasteiger charge is 2.57. The molecule has 1 aliphatic heterocycles. The Bertz CT molecular complexity index is 812. The lowest BCUT2D eigenvalue weighted by atomic mass is 9.94. The molecule has 1 aliphatic rings. The minimum atomic E-state index is -5.02. The predicted molar refractivity (Wildman–Crippen MR) is 91.6 cm³/mol. The summed E-state index contributed by atoms with van der Waals surface area (Å²) in [7, 11) is 0. The second kappa shape index (κ2) is 7.12. The van der Waals surface area contributed by atoms with E-state index in [1.807, 2.05) is 12.1 Å². The molecule has 0 spiro atoms. The molecular weight excluding hydrogens is 385 g/mol. The standard InChI is InChI=1S/C17H18ClF3N4O2/c1-16(27,17(19,20)21)15(26)24-8-6-11(7-9-24)14-23-22-10-25(14)13-4-2-12(18)3-5-13/h2-5,10-11,27H,6-9H2,1H3/t16-/m1/s1. The maximum atomic E-state index is 12.9. The summed E-state index contributed by atoms with van der Waals surface area (Å²) in [5.41, 5.74) is -2.57. The number of amides is 1. The lowest BCUT2D eigenvalue weighted by molar-refractivity contribution is -0.250. The third kappa shape index (κ3) is 3.79. The normalized spacial score (nSPS) is 18.4. The first-order valence-corrected chi connectivity index (χ1v) is 8.73. The smallest absolute Gasteiger partial charge is 0.373 e. The Hall–Kier alpha value is -2.13. The van der Waals surface area contributed by atoms with Gasteiger partial charge in [-0.15, -0.1) is 10.2 Å². The van der Waals surface area contributed by atoms with Crippen LogP contribution in [0.15, 0.2) is 30.6 Å². The fourth-order valence-electron chi connectivity index (χ4n) is 3.09. The molecule has 0 radical (unpaired) electrons. The number of carbonyl (C=O) groups is 1. The van der Waals surface area contributed by atoms with Crippen LogP contribution in [0.4, 0.5) is 13.2 Å². The fourth-order valence-corrected chi connectivity index (χ4v) is 3.22. The van der Waals surface area contributed by atoms with Gasteiger partial charge in [-0.3, -0.25) is 9.36 Å². The van der Waals surface area contributed by atoms with Crippen LogP contribution < -0.4 is 0 Å². The van der Waals surface area contributed by atoms with E-state index in [2.05, 4.69) is 10.2 Å². The van der Waals surface area contributed by atoms with Gasteiger partial charge in [-0.05, 0) is 44.0 Å². The number of halogens is 4. The average Bonchev–Trinajstić information content (AvgIpc) is 3.10. The van der Waals surface area contributed by atoms with E-state index >= 15 is 0 Å². The molecule has 3 rings (SSSR count).